The zero-order valence-corrected chi connectivity index (χ0v) is 10.3. The van der Waals surface area contributed by atoms with Gasteiger partial charge in [0.15, 0.2) is 0 Å². The van der Waals surface area contributed by atoms with Crippen molar-refractivity contribution in [2.75, 3.05) is 26.7 Å². The van der Waals surface area contributed by atoms with Gasteiger partial charge >= 0.3 is 0 Å². The summed E-state index contributed by atoms with van der Waals surface area (Å²) in [5.74, 6) is 0.107. The molecule has 0 aromatic carbocycles. The van der Waals surface area contributed by atoms with E-state index in [2.05, 4.69) is 17.9 Å². The summed E-state index contributed by atoms with van der Waals surface area (Å²) in [7, 11) is 1.83. The summed E-state index contributed by atoms with van der Waals surface area (Å²) < 4.78 is 0. The van der Waals surface area contributed by atoms with E-state index in [1.807, 2.05) is 7.05 Å². The van der Waals surface area contributed by atoms with Crippen LogP contribution < -0.4 is 0 Å². The molecule has 16 heavy (non-hydrogen) atoms. The van der Waals surface area contributed by atoms with Gasteiger partial charge in [-0.1, -0.05) is 13.3 Å². The van der Waals surface area contributed by atoms with Gasteiger partial charge in [-0.2, -0.15) is 5.26 Å². The Morgan fingerprint density at radius 1 is 1.50 bits per heavy atom. The van der Waals surface area contributed by atoms with Crippen molar-refractivity contribution in [1.82, 2.24) is 9.80 Å². The van der Waals surface area contributed by atoms with E-state index in [9.17, 15) is 4.79 Å². The fourth-order valence-corrected chi connectivity index (χ4v) is 2.12. The van der Waals surface area contributed by atoms with Crippen molar-refractivity contribution in [1.29, 1.82) is 5.26 Å². The number of hydrogen-bond donors (Lipinski definition) is 0. The zero-order valence-electron chi connectivity index (χ0n) is 10.3. The molecule has 1 heterocycles. The number of unbranched alkanes of at least 4 members (excludes halogenated alkanes) is 1. The van der Waals surface area contributed by atoms with Crippen LogP contribution >= 0.6 is 0 Å². The SMILES string of the molecule is CCCCN1CCCN(C)C(=O)C1CC#N. The van der Waals surface area contributed by atoms with Crippen molar-refractivity contribution < 1.29 is 4.79 Å². The Hall–Kier alpha value is -1.08. The maximum Gasteiger partial charge on any atom is 0.240 e. The lowest BCUT2D eigenvalue weighted by atomic mass is 10.1. The fourth-order valence-electron chi connectivity index (χ4n) is 2.12. The molecular weight excluding hydrogens is 202 g/mol. The zero-order chi connectivity index (χ0) is 12.0. The van der Waals surface area contributed by atoms with Crippen molar-refractivity contribution in [2.45, 2.75) is 38.6 Å². The van der Waals surface area contributed by atoms with Crippen LogP contribution in [0.15, 0.2) is 0 Å². The predicted molar refractivity (Wildman–Crippen MR) is 62.8 cm³/mol. The first kappa shape index (κ1) is 13.0. The first-order valence-electron chi connectivity index (χ1n) is 6.06. The summed E-state index contributed by atoms with van der Waals surface area (Å²) in [5, 5.41) is 8.81. The van der Waals surface area contributed by atoms with Crippen LogP contribution in [0.3, 0.4) is 0 Å². The highest BCUT2D eigenvalue weighted by Gasteiger charge is 2.30. The summed E-state index contributed by atoms with van der Waals surface area (Å²) in [4.78, 5) is 16.0. The van der Waals surface area contributed by atoms with Gasteiger partial charge in [0.2, 0.25) is 5.91 Å². The molecule has 1 rings (SSSR count). The lowest BCUT2D eigenvalue weighted by molar-refractivity contribution is -0.134. The molecule has 0 aliphatic carbocycles. The average Bonchev–Trinajstić information content (AvgIpc) is 2.41. The third-order valence-electron chi connectivity index (χ3n) is 3.12. The largest absolute Gasteiger partial charge is 0.344 e. The topological polar surface area (TPSA) is 47.3 Å². The number of rotatable bonds is 4. The Balaban J connectivity index is 2.70. The van der Waals surface area contributed by atoms with Gasteiger partial charge in [-0.25, -0.2) is 0 Å². The van der Waals surface area contributed by atoms with Crippen molar-refractivity contribution in [3.05, 3.63) is 0 Å². The van der Waals surface area contributed by atoms with E-state index >= 15 is 0 Å². The maximum absolute atomic E-state index is 12.0. The second-order valence-electron chi connectivity index (χ2n) is 4.38. The molecular formula is C12H21N3O. The summed E-state index contributed by atoms with van der Waals surface area (Å²) in [6, 6.07) is 1.91. The quantitative estimate of drug-likeness (QED) is 0.720. The lowest BCUT2D eigenvalue weighted by Gasteiger charge is -2.27. The minimum absolute atomic E-state index is 0.107. The monoisotopic (exact) mass is 223 g/mol. The average molecular weight is 223 g/mol. The van der Waals surface area contributed by atoms with Gasteiger partial charge < -0.3 is 4.90 Å². The molecule has 1 unspecified atom stereocenters. The van der Waals surface area contributed by atoms with Crippen LogP contribution in [0.25, 0.3) is 0 Å². The van der Waals surface area contributed by atoms with Gasteiger partial charge in [-0.05, 0) is 19.4 Å². The summed E-state index contributed by atoms with van der Waals surface area (Å²) in [6.45, 7) is 4.82. The molecule has 1 aliphatic rings. The van der Waals surface area contributed by atoms with Crippen LogP contribution in [0.2, 0.25) is 0 Å². The smallest absolute Gasteiger partial charge is 0.240 e. The Morgan fingerprint density at radius 3 is 2.88 bits per heavy atom. The van der Waals surface area contributed by atoms with Crippen molar-refractivity contribution in [3.8, 4) is 6.07 Å². The molecule has 0 spiro atoms. The third kappa shape index (κ3) is 3.21. The van der Waals surface area contributed by atoms with Crippen LogP contribution in [-0.2, 0) is 4.79 Å². The molecule has 0 aromatic heterocycles. The van der Waals surface area contributed by atoms with E-state index in [-0.39, 0.29) is 11.9 Å². The molecule has 0 saturated carbocycles. The van der Waals surface area contributed by atoms with Gasteiger partial charge in [-0.3, -0.25) is 9.69 Å². The van der Waals surface area contributed by atoms with E-state index in [1.54, 1.807) is 4.90 Å². The summed E-state index contributed by atoms with van der Waals surface area (Å²) in [6.07, 6.45) is 3.54. The molecule has 0 aromatic rings. The molecule has 0 N–H and O–H groups in total. The van der Waals surface area contributed by atoms with Crippen molar-refractivity contribution >= 4 is 5.91 Å². The number of likely N-dealkylation sites (N-methyl/N-ethyl adjacent to an activating group) is 1. The van der Waals surface area contributed by atoms with Crippen molar-refractivity contribution in [2.24, 2.45) is 0 Å². The van der Waals surface area contributed by atoms with Crippen LogP contribution in [0, 0.1) is 11.3 Å². The van der Waals surface area contributed by atoms with Gasteiger partial charge in [-0.15, -0.1) is 0 Å². The molecule has 1 aliphatic heterocycles. The number of nitriles is 1. The molecule has 0 bridgehead atoms. The molecule has 0 radical (unpaired) electrons. The Labute approximate surface area is 97.8 Å². The summed E-state index contributed by atoms with van der Waals surface area (Å²) in [5.41, 5.74) is 0. The van der Waals surface area contributed by atoms with Crippen LogP contribution in [-0.4, -0.2) is 48.4 Å². The van der Waals surface area contributed by atoms with Gasteiger partial charge in [0.25, 0.3) is 0 Å². The molecule has 1 amide bonds. The highest BCUT2D eigenvalue weighted by Crippen LogP contribution is 2.14. The number of amides is 1. The molecule has 1 atom stereocenters. The first-order valence-corrected chi connectivity index (χ1v) is 6.06. The standard InChI is InChI=1S/C12H21N3O/c1-3-4-9-15-10-5-8-14(2)12(16)11(15)6-7-13/h11H,3-6,8-10H2,1-2H3. The molecule has 1 fully saturated rings. The van der Waals surface area contributed by atoms with E-state index in [1.165, 1.54) is 0 Å². The Kier molecular flexibility index (Phi) is 5.27. The third-order valence-corrected chi connectivity index (χ3v) is 3.12. The minimum atomic E-state index is -0.218. The van der Waals surface area contributed by atoms with Crippen LogP contribution in [0.1, 0.15) is 32.6 Å². The maximum atomic E-state index is 12.0. The van der Waals surface area contributed by atoms with E-state index in [0.717, 1.165) is 38.9 Å². The Bertz CT molecular complexity index is 270. The van der Waals surface area contributed by atoms with E-state index < -0.39 is 0 Å². The molecule has 1 saturated heterocycles. The normalized spacial score (nSPS) is 22.9. The minimum Gasteiger partial charge on any atom is -0.344 e. The highest BCUT2D eigenvalue weighted by molar-refractivity contribution is 5.82. The summed E-state index contributed by atoms with van der Waals surface area (Å²) >= 11 is 0. The molecule has 4 nitrogen and oxygen atoms in total. The number of carbonyl (C=O) groups is 1. The number of carbonyl (C=O) groups excluding carboxylic acids is 1. The van der Waals surface area contributed by atoms with Crippen LogP contribution in [0.4, 0.5) is 0 Å². The second kappa shape index (κ2) is 6.49. The fraction of sp³-hybridized carbons (Fsp3) is 0.833. The first-order chi connectivity index (χ1) is 7.70. The second-order valence-corrected chi connectivity index (χ2v) is 4.38. The number of nitrogens with zero attached hydrogens (tertiary/aromatic N) is 3. The van der Waals surface area contributed by atoms with E-state index in [0.29, 0.717) is 6.42 Å². The van der Waals surface area contributed by atoms with Crippen LogP contribution in [0.5, 0.6) is 0 Å². The lowest BCUT2D eigenvalue weighted by Crippen LogP contribution is -2.44. The molecule has 4 heteroatoms. The van der Waals surface area contributed by atoms with Gasteiger partial charge in [0.05, 0.1) is 12.5 Å². The Morgan fingerprint density at radius 2 is 2.25 bits per heavy atom. The van der Waals surface area contributed by atoms with E-state index in [4.69, 9.17) is 5.26 Å². The number of hydrogen-bond acceptors (Lipinski definition) is 3. The predicted octanol–water partition coefficient (Wildman–Crippen LogP) is 1.23. The molecule has 90 valence electrons. The van der Waals surface area contributed by atoms with Gasteiger partial charge in [0.1, 0.15) is 6.04 Å². The van der Waals surface area contributed by atoms with Crippen molar-refractivity contribution in [3.63, 3.8) is 0 Å². The van der Waals surface area contributed by atoms with Gasteiger partial charge in [0, 0.05) is 20.1 Å². The highest BCUT2D eigenvalue weighted by atomic mass is 16.2.